The highest BCUT2D eigenvalue weighted by Crippen LogP contribution is 2.40. The van der Waals surface area contributed by atoms with Crippen LogP contribution in [-0.2, 0) is 4.79 Å². The summed E-state index contributed by atoms with van der Waals surface area (Å²) in [6.07, 6.45) is 4.82. The molecule has 0 radical (unpaired) electrons. The van der Waals surface area contributed by atoms with Crippen LogP contribution in [0.4, 0.5) is 0 Å². The minimum atomic E-state index is -0.549. The molecule has 2 N–H and O–H groups in total. The lowest BCUT2D eigenvalue weighted by atomic mass is 9.84. The fourth-order valence-corrected chi connectivity index (χ4v) is 3.78. The number of amides is 1. The molecule has 0 spiro atoms. The van der Waals surface area contributed by atoms with Crippen LogP contribution in [0.15, 0.2) is 0 Å². The average Bonchev–Trinajstić information content (AvgIpc) is 2.78. The van der Waals surface area contributed by atoms with E-state index in [1.165, 1.54) is 0 Å². The van der Waals surface area contributed by atoms with Crippen molar-refractivity contribution in [3.05, 3.63) is 0 Å². The van der Waals surface area contributed by atoms with Crippen molar-refractivity contribution in [2.45, 2.75) is 45.1 Å². The Kier molecular flexibility index (Phi) is 4.46. The number of carbonyl (C=O) groups is 1. The summed E-state index contributed by atoms with van der Waals surface area (Å²) in [6.45, 7) is 4.93. The van der Waals surface area contributed by atoms with Gasteiger partial charge >= 0.3 is 0 Å². The van der Waals surface area contributed by atoms with Gasteiger partial charge in [0.1, 0.15) is 0 Å². The predicted molar refractivity (Wildman–Crippen MR) is 81.0 cm³/mol. The molecule has 0 aromatic rings. The van der Waals surface area contributed by atoms with Crippen LogP contribution in [0.2, 0.25) is 0 Å². The first-order chi connectivity index (χ1) is 8.97. The number of thiocarbonyl (C=S) groups is 1. The van der Waals surface area contributed by atoms with E-state index in [4.69, 9.17) is 18.0 Å². The second-order valence-electron chi connectivity index (χ2n) is 6.12. The standard InChI is InChI=1S/C14H25N3OS/c1-11-10-16(2)8-5-9-17(11)13(18)14(12(15)19)6-3-4-7-14/h11H,3-10H2,1-2H3,(H2,15,19). The molecule has 4 nitrogen and oxygen atoms in total. The average molecular weight is 283 g/mol. The van der Waals surface area contributed by atoms with E-state index < -0.39 is 5.41 Å². The normalized spacial score (nSPS) is 28.1. The Labute approximate surface area is 121 Å². The molecule has 0 bridgehead atoms. The molecule has 19 heavy (non-hydrogen) atoms. The SMILES string of the molecule is CC1CN(C)CCCN1C(=O)C1(C(N)=S)CCCC1. The summed E-state index contributed by atoms with van der Waals surface area (Å²) in [5, 5.41) is 0. The summed E-state index contributed by atoms with van der Waals surface area (Å²) in [7, 11) is 2.11. The minimum absolute atomic E-state index is 0.181. The summed E-state index contributed by atoms with van der Waals surface area (Å²) in [6, 6.07) is 0.242. The van der Waals surface area contributed by atoms with Gasteiger partial charge in [-0.25, -0.2) is 0 Å². The summed E-state index contributed by atoms with van der Waals surface area (Å²) in [5.74, 6) is 0.181. The highest BCUT2D eigenvalue weighted by atomic mass is 32.1. The van der Waals surface area contributed by atoms with Crippen molar-refractivity contribution in [1.82, 2.24) is 9.80 Å². The molecular formula is C14H25N3OS. The highest BCUT2D eigenvalue weighted by molar-refractivity contribution is 7.80. The third-order valence-electron chi connectivity index (χ3n) is 4.65. The first-order valence-electron chi connectivity index (χ1n) is 7.27. The van der Waals surface area contributed by atoms with Crippen LogP contribution in [0.25, 0.3) is 0 Å². The Morgan fingerprint density at radius 1 is 1.26 bits per heavy atom. The molecule has 1 saturated carbocycles. The van der Waals surface area contributed by atoms with E-state index in [0.717, 1.165) is 51.7 Å². The van der Waals surface area contributed by atoms with Gasteiger partial charge < -0.3 is 15.5 Å². The second-order valence-corrected chi connectivity index (χ2v) is 6.56. The molecule has 1 atom stereocenters. The van der Waals surface area contributed by atoms with E-state index in [2.05, 4.69) is 18.9 Å². The molecule has 1 aliphatic heterocycles. The summed E-state index contributed by atoms with van der Waals surface area (Å²) in [5.41, 5.74) is 5.38. The number of rotatable bonds is 2. The lowest BCUT2D eigenvalue weighted by molar-refractivity contribution is -0.140. The second kappa shape index (κ2) is 5.75. The summed E-state index contributed by atoms with van der Waals surface area (Å²) < 4.78 is 0. The van der Waals surface area contributed by atoms with Crippen molar-refractivity contribution in [3.63, 3.8) is 0 Å². The number of nitrogens with zero attached hydrogens (tertiary/aromatic N) is 2. The van der Waals surface area contributed by atoms with Gasteiger partial charge in [0.15, 0.2) is 0 Å². The molecule has 1 heterocycles. The van der Waals surface area contributed by atoms with Crippen molar-refractivity contribution in [2.75, 3.05) is 26.7 Å². The number of hydrogen-bond acceptors (Lipinski definition) is 3. The zero-order valence-corrected chi connectivity index (χ0v) is 12.8. The summed E-state index contributed by atoms with van der Waals surface area (Å²) in [4.78, 5) is 17.7. The number of hydrogen-bond donors (Lipinski definition) is 1. The van der Waals surface area contributed by atoms with Gasteiger partial charge in [0, 0.05) is 19.1 Å². The zero-order chi connectivity index (χ0) is 14.0. The maximum absolute atomic E-state index is 13.0. The molecule has 108 valence electrons. The quantitative estimate of drug-likeness (QED) is 0.778. The Balaban J connectivity index is 2.19. The third kappa shape index (κ3) is 2.77. The molecule has 1 unspecified atom stereocenters. The zero-order valence-electron chi connectivity index (χ0n) is 12.0. The van der Waals surface area contributed by atoms with E-state index in [1.54, 1.807) is 0 Å². The number of carbonyl (C=O) groups excluding carboxylic acids is 1. The van der Waals surface area contributed by atoms with Gasteiger partial charge in [-0.3, -0.25) is 4.79 Å². The minimum Gasteiger partial charge on any atom is -0.392 e. The van der Waals surface area contributed by atoms with Gasteiger partial charge in [-0.2, -0.15) is 0 Å². The van der Waals surface area contributed by atoms with Gasteiger partial charge in [-0.05, 0) is 39.8 Å². The van der Waals surface area contributed by atoms with Crippen LogP contribution in [0.3, 0.4) is 0 Å². The molecule has 5 heteroatoms. The first-order valence-corrected chi connectivity index (χ1v) is 7.68. The van der Waals surface area contributed by atoms with Crippen LogP contribution in [-0.4, -0.2) is 53.4 Å². The smallest absolute Gasteiger partial charge is 0.235 e. The molecule has 2 rings (SSSR count). The molecular weight excluding hydrogens is 258 g/mol. The maximum atomic E-state index is 13.0. The lowest BCUT2D eigenvalue weighted by Crippen LogP contribution is -2.53. The Hall–Kier alpha value is -0.680. The van der Waals surface area contributed by atoms with Crippen LogP contribution in [0.5, 0.6) is 0 Å². The van der Waals surface area contributed by atoms with Gasteiger partial charge in [0.05, 0.1) is 10.4 Å². The van der Waals surface area contributed by atoms with Crippen molar-refractivity contribution in [2.24, 2.45) is 11.1 Å². The van der Waals surface area contributed by atoms with Crippen molar-refractivity contribution in [3.8, 4) is 0 Å². The molecule has 1 aliphatic carbocycles. The Morgan fingerprint density at radius 3 is 2.47 bits per heavy atom. The molecule has 2 fully saturated rings. The van der Waals surface area contributed by atoms with E-state index in [9.17, 15) is 4.79 Å². The highest BCUT2D eigenvalue weighted by Gasteiger charge is 2.47. The predicted octanol–water partition coefficient (Wildman–Crippen LogP) is 1.39. The first kappa shape index (κ1) is 14.7. The van der Waals surface area contributed by atoms with Crippen molar-refractivity contribution < 1.29 is 4.79 Å². The monoisotopic (exact) mass is 283 g/mol. The molecule has 0 aromatic carbocycles. The van der Waals surface area contributed by atoms with E-state index >= 15 is 0 Å². The van der Waals surface area contributed by atoms with Crippen molar-refractivity contribution in [1.29, 1.82) is 0 Å². The topological polar surface area (TPSA) is 49.6 Å². The van der Waals surface area contributed by atoms with E-state index in [-0.39, 0.29) is 11.9 Å². The van der Waals surface area contributed by atoms with Crippen LogP contribution >= 0.6 is 12.2 Å². The van der Waals surface area contributed by atoms with Gasteiger partial charge in [0.2, 0.25) is 5.91 Å². The largest absolute Gasteiger partial charge is 0.392 e. The van der Waals surface area contributed by atoms with Crippen molar-refractivity contribution >= 4 is 23.1 Å². The fourth-order valence-electron chi connectivity index (χ4n) is 3.49. The van der Waals surface area contributed by atoms with Gasteiger partial charge in [-0.15, -0.1) is 0 Å². The fraction of sp³-hybridized carbons (Fsp3) is 0.857. The number of likely N-dealkylation sites (N-methyl/N-ethyl adjacent to an activating group) is 1. The molecule has 1 amide bonds. The maximum Gasteiger partial charge on any atom is 0.235 e. The Bertz CT molecular complexity index is 366. The van der Waals surface area contributed by atoms with Crippen LogP contribution < -0.4 is 5.73 Å². The lowest BCUT2D eigenvalue weighted by Gasteiger charge is -2.36. The van der Waals surface area contributed by atoms with E-state index in [1.807, 2.05) is 4.90 Å². The van der Waals surface area contributed by atoms with E-state index in [0.29, 0.717) is 4.99 Å². The van der Waals surface area contributed by atoms with Crippen LogP contribution in [0.1, 0.15) is 39.0 Å². The summed E-state index contributed by atoms with van der Waals surface area (Å²) >= 11 is 5.23. The molecule has 2 aliphatic rings. The van der Waals surface area contributed by atoms with Crippen LogP contribution in [0, 0.1) is 5.41 Å². The number of nitrogens with two attached hydrogens (primary N) is 1. The van der Waals surface area contributed by atoms with Gasteiger partial charge in [-0.1, -0.05) is 25.1 Å². The van der Waals surface area contributed by atoms with Gasteiger partial charge in [0.25, 0.3) is 0 Å². The molecule has 0 aromatic heterocycles. The third-order valence-corrected chi connectivity index (χ3v) is 5.04. The molecule has 1 saturated heterocycles. The Morgan fingerprint density at radius 2 is 1.89 bits per heavy atom.